The molecule has 1 aliphatic carbocycles. The molecule has 0 fully saturated rings. The first-order valence-electron chi connectivity index (χ1n) is 4.57. The zero-order chi connectivity index (χ0) is 8.97. The van der Waals surface area contributed by atoms with E-state index >= 15 is 0 Å². The van der Waals surface area contributed by atoms with Gasteiger partial charge in [0.2, 0.25) is 0 Å². The fourth-order valence-corrected chi connectivity index (χ4v) is 1.53. The van der Waals surface area contributed by atoms with E-state index in [1.807, 2.05) is 6.92 Å². The first-order chi connectivity index (χ1) is 5.75. The number of hydrogen-bond donors (Lipinski definition) is 0. The van der Waals surface area contributed by atoms with Crippen LogP contribution >= 0.6 is 0 Å². The third-order valence-corrected chi connectivity index (χ3v) is 2.34. The Kier molecular flexibility index (Phi) is 3.32. The summed E-state index contributed by atoms with van der Waals surface area (Å²) < 4.78 is 4.98. The van der Waals surface area contributed by atoms with Crippen LogP contribution in [0.4, 0.5) is 0 Å². The molecule has 0 unspecified atom stereocenters. The van der Waals surface area contributed by atoms with Gasteiger partial charge >= 0.3 is 5.97 Å². The summed E-state index contributed by atoms with van der Waals surface area (Å²) in [6.07, 6.45) is 6.06. The first-order valence-corrected chi connectivity index (χ1v) is 4.57. The second kappa shape index (κ2) is 4.29. The molecule has 0 N–H and O–H groups in total. The molecule has 0 aromatic rings. The molecule has 0 aliphatic heterocycles. The summed E-state index contributed by atoms with van der Waals surface area (Å²) in [5, 5.41) is 0. The summed E-state index contributed by atoms with van der Waals surface area (Å²) in [5.41, 5.74) is 0. The molecule has 0 aromatic carbocycles. The van der Waals surface area contributed by atoms with E-state index in [0.717, 1.165) is 12.8 Å². The molecule has 1 rings (SSSR count). The van der Waals surface area contributed by atoms with Gasteiger partial charge in [-0.15, -0.1) is 0 Å². The summed E-state index contributed by atoms with van der Waals surface area (Å²) >= 11 is 0. The highest BCUT2D eigenvalue weighted by atomic mass is 16.5. The highest BCUT2D eigenvalue weighted by Gasteiger charge is 2.26. The van der Waals surface area contributed by atoms with Crippen molar-refractivity contribution in [2.75, 3.05) is 6.61 Å². The molecule has 0 heterocycles. The van der Waals surface area contributed by atoms with Crippen LogP contribution in [0.1, 0.15) is 26.7 Å². The lowest BCUT2D eigenvalue weighted by molar-refractivity contribution is -0.149. The molecule has 1 aliphatic rings. The van der Waals surface area contributed by atoms with E-state index in [-0.39, 0.29) is 11.9 Å². The zero-order valence-electron chi connectivity index (χ0n) is 7.75. The Balaban J connectivity index is 2.49. The second-order valence-corrected chi connectivity index (χ2v) is 3.28. The minimum atomic E-state index is -0.0330. The normalized spacial score (nSPS) is 28.5. The van der Waals surface area contributed by atoms with Gasteiger partial charge in [-0.2, -0.15) is 0 Å². The van der Waals surface area contributed by atoms with E-state index in [2.05, 4.69) is 19.1 Å². The van der Waals surface area contributed by atoms with Crippen molar-refractivity contribution in [1.82, 2.24) is 0 Å². The van der Waals surface area contributed by atoms with Gasteiger partial charge in [0.15, 0.2) is 0 Å². The van der Waals surface area contributed by atoms with Gasteiger partial charge in [-0.05, 0) is 25.7 Å². The summed E-state index contributed by atoms with van der Waals surface area (Å²) in [6.45, 7) is 4.44. The van der Waals surface area contributed by atoms with Crippen LogP contribution < -0.4 is 0 Å². The summed E-state index contributed by atoms with van der Waals surface area (Å²) in [6, 6.07) is 0. The van der Waals surface area contributed by atoms with Crippen LogP contribution in [0.5, 0.6) is 0 Å². The van der Waals surface area contributed by atoms with Gasteiger partial charge in [-0.3, -0.25) is 4.79 Å². The maximum atomic E-state index is 11.4. The molecule has 12 heavy (non-hydrogen) atoms. The molecule has 0 saturated carbocycles. The number of hydrogen-bond acceptors (Lipinski definition) is 2. The SMILES string of the molecule is CCOC(=O)[C@H]1CC=CC[C@@H]1C. The number of ether oxygens (including phenoxy) is 1. The van der Waals surface area contributed by atoms with Crippen molar-refractivity contribution in [3.05, 3.63) is 12.2 Å². The highest BCUT2D eigenvalue weighted by molar-refractivity contribution is 5.73. The lowest BCUT2D eigenvalue weighted by atomic mass is 9.84. The van der Waals surface area contributed by atoms with Gasteiger partial charge in [0.25, 0.3) is 0 Å². The van der Waals surface area contributed by atoms with Gasteiger partial charge in [-0.1, -0.05) is 19.1 Å². The first kappa shape index (κ1) is 9.30. The number of carbonyl (C=O) groups is 1. The summed E-state index contributed by atoms with van der Waals surface area (Å²) in [7, 11) is 0. The lowest BCUT2D eigenvalue weighted by Gasteiger charge is -2.22. The number of allylic oxidation sites excluding steroid dienone is 2. The Morgan fingerprint density at radius 1 is 1.50 bits per heavy atom. The van der Waals surface area contributed by atoms with Crippen LogP contribution in [-0.4, -0.2) is 12.6 Å². The van der Waals surface area contributed by atoms with Gasteiger partial charge in [-0.25, -0.2) is 0 Å². The van der Waals surface area contributed by atoms with E-state index in [9.17, 15) is 4.79 Å². The van der Waals surface area contributed by atoms with Crippen LogP contribution in [0.15, 0.2) is 12.2 Å². The fourth-order valence-electron chi connectivity index (χ4n) is 1.53. The average molecular weight is 168 g/mol. The third-order valence-electron chi connectivity index (χ3n) is 2.34. The van der Waals surface area contributed by atoms with E-state index in [4.69, 9.17) is 4.74 Å². The van der Waals surface area contributed by atoms with Crippen molar-refractivity contribution in [2.24, 2.45) is 11.8 Å². The Labute approximate surface area is 73.6 Å². The van der Waals surface area contributed by atoms with Crippen LogP contribution in [0.25, 0.3) is 0 Å². The van der Waals surface area contributed by atoms with E-state index in [0.29, 0.717) is 12.5 Å². The molecular formula is C10H16O2. The number of carbonyl (C=O) groups excluding carboxylic acids is 1. The maximum Gasteiger partial charge on any atom is 0.309 e. The van der Waals surface area contributed by atoms with Crippen molar-refractivity contribution in [2.45, 2.75) is 26.7 Å². The van der Waals surface area contributed by atoms with Gasteiger partial charge in [0.05, 0.1) is 12.5 Å². The van der Waals surface area contributed by atoms with Crippen LogP contribution in [-0.2, 0) is 9.53 Å². The fraction of sp³-hybridized carbons (Fsp3) is 0.700. The molecule has 0 aromatic heterocycles. The molecule has 0 bridgehead atoms. The summed E-state index contributed by atoms with van der Waals surface area (Å²) in [5.74, 6) is 0.498. The Hall–Kier alpha value is -0.790. The maximum absolute atomic E-state index is 11.4. The standard InChI is InChI=1S/C10H16O2/c1-3-12-10(11)9-7-5-4-6-8(9)2/h4-5,8-9H,3,6-7H2,1-2H3/t8-,9-/m0/s1. The van der Waals surface area contributed by atoms with Crippen LogP contribution in [0.3, 0.4) is 0 Å². The lowest BCUT2D eigenvalue weighted by Crippen LogP contribution is -2.25. The van der Waals surface area contributed by atoms with E-state index < -0.39 is 0 Å². The minimum Gasteiger partial charge on any atom is -0.466 e. The average Bonchev–Trinajstić information content (AvgIpc) is 2.05. The Morgan fingerprint density at radius 3 is 2.75 bits per heavy atom. The van der Waals surface area contributed by atoms with E-state index in [1.165, 1.54) is 0 Å². The van der Waals surface area contributed by atoms with Crippen molar-refractivity contribution >= 4 is 5.97 Å². The molecule has 2 nitrogen and oxygen atoms in total. The van der Waals surface area contributed by atoms with Crippen molar-refractivity contribution in [1.29, 1.82) is 0 Å². The van der Waals surface area contributed by atoms with Crippen molar-refractivity contribution < 1.29 is 9.53 Å². The molecule has 2 heteroatoms. The van der Waals surface area contributed by atoms with Crippen molar-refractivity contribution in [3.63, 3.8) is 0 Å². The molecule has 0 radical (unpaired) electrons. The van der Waals surface area contributed by atoms with E-state index in [1.54, 1.807) is 0 Å². The van der Waals surface area contributed by atoms with Gasteiger partial charge in [0, 0.05) is 0 Å². The smallest absolute Gasteiger partial charge is 0.309 e. The monoisotopic (exact) mass is 168 g/mol. The second-order valence-electron chi connectivity index (χ2n) is 3.28. The number of rotatable bonds is 2. The largest absolute Gasteiger partial charge is 0.466 e. The quantitative estimate of drug-likeness (QED) is 0.466. The molecular weight excluding hydrogens is 152 g/mol. The van der Waals surface area contributed by atoms with Gasteiger partial charge in [0.1, 0.15) is 0 Å². The predicted octanol–water partition coefficient (Wildman–Crippen LogP) is 2.15. The van der Waals surface area contributed by atoms with Crippen molar-refractivity contribution in [3.8, 4) is 0 Å². The molecule has 68 valence electrons. The molecule has 0 amide bonds. The molecule has 2 atom stereocenters. The van der Waals surface area contributed by atoms with Crippen LogP contribution in [0.2, 0.25) is 0 Å². The highest BCUT2D eigenvalue weighted by Crippen LogP contribution is 2.25. The minimum absolute atomic E-state index is 0.0330. The molecule has 0 saturated heterocycles. The molecule has 0 spiro atoms. The summed E-state index contributed by atoms with van der Waals surface area (Å²) in [4.78, 5) is 11.4. The predicted molar refractivity (Wildman–Crippen MR) is 47.7 cm³/mol. The Bertz CT molecular complexity index is 184. The topological polar surface area (TPSA) is 26.3 Å². The third kappa shape index (κ3) is 2.10. The number of esters is 1. The van der Waals surface area contributed by atoms with Gasteiger partial charge < -0.3 is 4.74 Å². The van der Waals surface area contributed by atoms with Crippen LogP contribution in [0, 0.1) is 11.8 Å². The Morgan fingerprint density at radius 2 is 2.17 bits per heavy atom. The zero-order valence-corrected chi connectivity index (χ0v) is 7.75.